The van der Waals surface area contributed by atoms with E-state index in [-0.39, 0.29) is 6.04 Å². The lowest BCUT2D eigenvalue weighted by Gasteiger charge is -2.12. The molecule has 17 heavy (non-hydrogen) atoms. The van der Waals surface area contributed by atoms with Crippen molar-refractivity contribution in [3.8, 4) is 5.75 Å². The van der Waals surface area contributed by atoms with E-state index in [0.29, 0.717) is 5.75 Å². The maximum Gasteiger partial charge on any atom is 0.300 e. The Morgan fingerprint density at radius 3 is 2.71 bits per heavy atom. The number of nitrogens with two attached hydrogens (primary N) is 1. The first-order valence-corrected chi connectivity index (χ1v) is 5.77. The van der Waals surface area contributed by atoms with Gasteiger partial charge in [-0.2, -0.15) is 0 Å². The molecule has 0 fully saturated rings. The highest BCUT2D eigenvalue weighted by Crippen LogP contribution is 2.29. The minimum Gasteiger partial charge on any atom is -0.508 e. The first-order valence-electron chi connectivity index (χ1n) is 5.77. The van der Waals surface area contributed by atoms with Crippen LogP contribution in [0.1, 0.15) is 43.4 Å². The van der Waals surface area contributed by atoms with E-state index >= 15 is 0 Å². The van der Waals surface area contributed by atoms with Crippen molar-refractivity contribution in [3.05, 3.63) is 29.3 Å². The van der Waals surface area contributed by atoms with Gasteiger partial charge < -0.3 is 15.9 Å². The number of phenols is 1. The number of carboxylic acids is 1. The highest BCUT2D eigenvalue weighted by atomic mass is 16.4. The number of carbonyl (C=O) groups is 1. The number of benzene rings is 1. The van der Waals surface area contributed by atoms with Crippen LogP contribution in [0, 0.1) is 0 Å². The van der Waals surface area contributed by atoms with Crippen LogP contribution in [0.4, 0.5) is 0 Å². The van der Waals surface area contributed by atoms with Crippen molar-refractivity contribution in [2.24, 2.45) is 5.73 Å². The Kier molecular flexibility index (Phi) is 4.97. The van der Waals surface area contributed by atoms with Crippen molar-refractivity contribution < 1.29 is 15.0 Å². The van der Waals surface area contributed by atoms with Crippen LogP contribution in [0.2, 0.25) is 0 Å². The number of rotatable bonds is 0. The lowest BCUT2D eigenvalue weighted by molar-refractivity contribution is -0.134. The van der Waals surface area contributed by atoms with Crippen LogP contribution in [0.15, 0.2) is 18.2 Å². The van der Waals surface area contributed by atoms with Gasteiger partial charge in [0.1, 0.15) is 5.75 Å². The zero-order valence-electron chi connectivity index (χ0n) is 10.0. The number of carboxylic acid groups (broad SMARTS) is 1. The molecule has 0 aliphatic heterocycles. The number of aliphatic carboxylic acids is 1. The summed E-state index contributed by atoms with van der Waals surface area (Å²) in [6.45, 7) is 1.08. The summed E-state index contributed by atoms with van der Waals surface area (Å²) in [6.07, 6.45) is 4.50. The van der Waals surface area contributed by atoms with Crippen molar-refractivity contribution in [2.45, 2.75) is 38.6 Å². The predicted molar refractivity (Wildman–Crippen MR) is 65.9 cm³/mol. The van der Waals surface area contributed by atoms with Crippen LogP contribution in [-0.4, -0.2) is 16.2 Å². The van der Waals surface area contributed by atoms with Gasteiger partial charge in [0.15, 0.2) is 0 Å². The fraction of sp³-hybridized carbons (Fsp3) is 0.462. The second-order valence-corrected chi connectivity index (χ2v) is 4.25. The van der Waals surface area contributed by atoms with E-state index in [4.69, 9.17) is 15.6 Å². The van der Waals surface area contributed by atoms with Gasteiger partial charge in [-0.05, 0) is 42.5 Å². The zero-order chi connectivity index (χ0) is 12.8. The average Bonchev–Trinajstić information content (AvgIpc) is 2.39. The Morgan fingerprint density at radius 1 is 1.41 bits per heavy atom. The van der Waals surface area contributed by atoms with Crippen LogP contribution < -0.4 is 5.73 Å². The lowest BCUT2D eigenvalue weighted by atomic mass is 9.99. The van der Waals surface area contributed by atoms with Gasteiger partial charge in [0, 0.05) is 13.0 Å². The minimum absolute atomic E-state index is 0.165. The highest BCUT2D eigenvalue weighted by molar-refractivity contribution is 5.62. The van der Waals surface area contributed by atoms with Crippen LogP contribution >= 0.6 is 0 Å². The normalized spacial score (nSPS) is 18.4. The largest absolute Gasteiger partial charge is 0.508 e. The molecule has 0 saturated carbocycles. The Balaban J connectivity index is 0.000000317. The molecule has 0 amide bonds. The average molecular weight is 237 g/mol. The van der Waals surface area contributed by atoms with Crippen molar-refractivity contribution in [3.63, 3.8) is 0 Å². The van der Waals surface area contributed by atoms with Gasteiger partial charge in [0.25, 0.3) is 5.97 Å². The van der Waals surface area contributed by atoms with Crippen molar-refractivity contribution >= 4 is 5.97 Å². The molecular weight excluding hydrogens is 218 g/mol. The molecule has 0 bridgehead atoms. The molecule has 4 nitrogen and oxygen atoms in total. The van der Waals surface area contributed by atoms with Crippen LogP contribution in [-0.2, 0) is 11.2 Å². The lowest BCUT2D eigenvalue weighted by Crippen LogP contribution is -2.10. The summed E-state index contributed by atoms with van der Waals surface area (Å²) in [7, 11) is 0. The Labute approximate surface area is 101 Å². The molecule has 4 N–H and O–H groups in total. The van der Waals surface area contributed by atoms with E-state index in [9.17, 15) is 5.11 Å². The molecule has 0 unspecified atom stereocenters. The molecule has 1 aliphatic rings. The number of hydrogen-bond donors (Lipinski definition) is 3. The summed E-state index contributed by atoms with van der Waals surface area (Å²) >= 11 is 0. The summed E-state index contributed by atoms with van der Waals surface area (Å²) in [5.74, 6) is -0.479. The number of fused-ring (bicyclic) bond motifs is 1. The summed E-state index contributed by atoms with van der Waals surface area (Å²) in [6, 6.07) is 5.70. The Bertz CT molecular complexity index is 386. The molecule has 4 heteroatoms. The molecule has 0 saturated heterocycles. The molecule has 1 aromatic carbocycles. The van der Waals surface area contributed by atoms with E-state index in [0.717, 1.165) is 19.8 Å². The molecule has 0 heterocycles. The highest BCUT2D eigenvalue weighted by Gasteiger charge is 2.14. The van der Waals surface area contributed by atoms with Crippen LogP contribution in [0.5, 0.6) is 5.75 Å². The standard InChI is InChI=1S/C11H15NO.C2H4O2/c12-11-4-2-1-3-8-7-9(13)5-6-10(8)11;1-2(3)4/h5-7,11,13H,1-4,12H2;1H3,(H,3,4)/t11-;/m1./s1. The second-order valence-electron chi connectivity index (χ2n) is 4.25. The van der Waals surface area contributed by atoms with Crippen LogP contribution in [0.25, 0.3) is 0 Å². The zero-order valence-corrected chi connectivity index (χ0v) is 10.0. The van der Waals surface area contributed by atoms with E-state index < -0.39 is 5.97 Å². The number of aromatic hydroxyl groups is 1. The summed E-state index contributed by atoms with van der Waals surface area (Å²) < 4.78 is 0. The summed E-state index contributed by atoms with van der Waals surface area (Å²) in [4.78, 5) is 9.00. The molecule has 2 rings (SSSR count). The Morgan fingerprint density at radius 2 is 2.06 bits per heavy atom. The fourth-order valence-corrected chi connectivity index (χ4v) is 2.01. The van der Waals surface area contributed by atoms with Crippen molar-refractivity contribution in [2.75, 3.05) is 0 Å². The molecule has 0 aromatic heterocycles. The molecule has 0 radical (unpaired) electrons. The number of hydrogen-bond acceptors (Lipinski definition) is 3. The number of phenolic OH excluding ortho intramolecular Hbond substituents is 1. The van der Waals surface area contributed by atoms with E-state index in [1.807, 2.05) is 12.1 Å². The van der Waals surface area contributed by atoms with Gasteiger partial charge in [-0.15, -0.1) is 0 Å². The monoisotopic (exact) mass is 237 g/mol. The third kappa shape index (κ3) is 4.44. The summed E-state index contributed by atoms with van der Waals surface area (Å²) in [5, 5.41) is 16.7. The van der Waals surface area contributed by atoms with Gasteiger partial charge in [0.05, 0.1) is 0 Å². The molecular formula is C13H19NO3. The van der Waals surface area contributed by atoms with E-state index in [2.05, 4.69) is 0 Å². The van der Waals surface area contributed by atoms with Gasteiger partial charge in [0.2, 0.25) is 0 Å². The molecule has 1 aromatic rings. The fourth-order valence-electron chi connectivity index (χ4n) is 2.01. The van der Waals surface area contributed by atoms with Gasteiger partial charge in [-0.1, -0.05) is 12.5 Å². The molecule has 0 spiro atoms. The first kappa shape index (κ1) is 13.5. The van der Waals surface area contributed by atoms with Gasteiger partial charge in [-0.25, -0.2) is 0 Å². The SMILES string of the molecule is CC(=O)O.N[C@@H]1CCCCc2cc(O)ccc21. The second kappa shape index (κ2) is 6.25. The van der Waals surface area contributed by atoms with Gasteiger partial charge in [-0.3, -0.25) is 4.79 Å². The van der Waals surface area contributed by atoms with E-state index in [1.54, 1.807) is 6.07 Å². The quantitative estimate of drug-likeness (QED) is 0.604. The maximum absolute atomic E-state index is 9.33. The van der Waals surface area contributed by atoms with Gasteiger partial charge >= 0.3 is 0 Å². The molecule has 1 aliphatic carbocycles. The summed E-state index contributed by atoms with van der Waals surface area (Å²) in [5.41, 5.74) is 8.46. The number of aryl methyl sites for hydroxylation is 1. The van der Waals surface area contributed by atoms with E-state index in [1.165, 1.54) is 24.0 Å². The van der Waals surface area contributed by atoms with Crippen molar-refractivity contribution in [1.82, 2.24) is 0 Å². The third-order valence-corrected chi connectivity index (χ3v) is 2.74. The molecule has 1 atom stereocenters. The third-order valence-electron chi connectivity index (χ3n) is 2.74. The smallest absolute Gasteiger partial charge is 0.300 e. The van der Waals surface area contributed by atoms with Crippen molar-refractivity contribution in [1.29, 1.82) is 0 Å². The van der Waals surface area contributed by atoms with Crippen LogP contribution in [0.3, 0.4) is 0 Å². The minimum atomic E-state index is -0.833. The maximum atomic E-state index is 9.33. The first-order chi connectivity index (χ1) is 8.00. The Hall–Kier alpha value is -1.55. The topological polar surface area (TPSA) is 83.5 Å². The molecule has 94 valence electrons. The predicted octanol–water partition coefficient (Wildman–Crippen LogP) is 2.21.